The number of aromatic nitrogens is 2. The van der Waals surface area contributed by atoms with E-state index in [1.165, 1.54) is 0 Å². The molecule has 1 amide bonds. The van der Waals surface area contributed by atoms with Gasteiger partial charge in [-0.05, 0) is 12.1 Å². The first kappa shape index (κ1) is 15.1. The van der Waals surface area contributed by atoms with Gasteiger partial charge in [0.15, 0.2) is 6.61 Å². The average Bonchev–Trinajstić information content (AvgIpc) is 2.91. The number of para-hydroxylation sites is 1. The van der Waals surface area contributed by atoms with Gasteiger partial charge in [-0.2, -0.15) is 5.10 Å². The summed E-state index contributed by atoms with van der Waals surface area (Å²) in [6.07, 6.45) is 2.58. The van der Waals surface area contributed by atoms with Gasteiger partial charge in [-0.3, -0.25) is 9.48 Å². The first-order valence-corrected chi connectivity index (χ1v) is 6.85. The number of benzene rings is 1. The summed E-state index contributed by atoms with van der Waals surface area (Å²) < 4.78 is 7.23. The maximum absolute atomic E-state index is 11.7. The lowest BCUT2D eigenvalue weighted by Gasteiger charge is -2.10. The van der Waals surface area contributed by atoms with E-state index >= 15 is 0 Å². The van der Waals surface area contributed by atoms with Gasteiger partial charge < -0.3 is 15.8 Å². The Balaban J connectivity index is 1.72. The van der Waals surface area contributed by atoms with Crippen molar-refractivity contribution in [3.63, 3.8) is 0 Å². The van der Waals surface area contributed by atoms with Crippen LogP contribution in [-0.4, -0.2) is 28.8 Å². The fraction of sp³-hybridized carbons (Fsp3) is 0.333. The second kappa shape index (κ2) is 7.44. The molecule has 0 spiro atoms. The second-order valence-corrected chi connectivity index (χ2v) is 4.68. The van der Waals surface area contributed by atoms with E-state index in [-0.39, 0.29) is 12.5 Å². The molecule has 0 saturated heterocycles. The number of hydrogen-bond acceptors (Lipinski definition) is 4. The fourth-order valence-electron chi connectivity index (χ4n) is 1.93. The van der Waals surface area contributed by atoms with Crippen molar-refractivity contribution in [3.05, 3.63) is 47.8 Å². The summed E-state index contributed by atoms with van der Waals surface area (Å²) in [6, 6.07) is 9.37. The molecule has 0 aliphatic rings. The van der Waals surface area contributed by atoms with Crippen molar-refractivity contribution >= 4 is 5.91 Å². The van der Waals surface area contributed by atoms with Crippen LogP contribution in [-0.2, 0) is 24.8 Å². The third kappa shape index (κ3) is 4.61. The van der Waals surface area contributed by atoms with Gasteiger partial charge in [0.25, 0.3) is 5.91 Å². The van der Waals surface area contributed by atoms with E-state index in [0.29, 0.717) is 25.3 Å². The summed E-state index contributed by atoms with van der Waals surface area (Å²) in [6.45, 7) is 0.911. The van der Waals surface area contributed by atoms with E-state index in [4.69, 9.17) is 10.5 Å². The van der Waals surface area contributed by atoms with Crippen LogP contribution in [0.4, 0.5) is 0 Å². The van der Waals surface area contributed by atoms with Gasteiger partial charge in [-0.1, -0.05) is 18.2 Å². The zero-order valence-corrected chi connectivity index (χ0v) is 12.1. The molecule has 3 N–H and O–H groups in total. The summed E-state index contributed by atoms with van der Waals surface area (Å²) in [5.74, 6) is 0.498. The summed E-state index contributed by atoms with van der Waals surface area (Å²) in [4.78, 5) is 11.7. The van der Waals surface area contributed by atoms with E-state index < -0.39 is 0 Å². The Hall–Kier alpha value is -2.34. The molecule has 0 atom stereocenters. The van der Waals surface area contributed by atoms with Crippen LogP contribution < -0.4 is 15.8 Å². The minimum atomic E-state index is -0.155. The Bertz CT molecular complexity index is 595. The molecule has 21 heavy (non-hydrogen) atoms. The van der Waals surface area contributed by atoms with Crippen molar-refractivity contribution in [1.82, 2.24) is 15.1 Å². The topological polar surface area (TPSA) is 82.2 Å². The van der Waals surface area contributed by atoms with Crippen molar-refractivity contribution in [3.8, 4) is 5.75 Å². The van der Waals surface area contributed by atoms with Gasteiger partial charge >= 0.3 is 0 Å². The zero-order valence-electron chi connectivity index (χ0n) is 12.1. The second-order valence-electron chi connectivity index (χ2n) is 4.68. The molecule has 0 fully saturated rings. The molecule has 1 aromatic carbocycles. The summed E-state index contributed by atoms with van der Waals surface area (Å²) in [5.41, 5.74) is 7.45. The molecule has 0 radical (unpaired) electrons. The van der Waals surface area contributed by atoms with Crippen LogP contribution in [0.25, 0.3) is 0 Å². The first-order chi connectivity index (χ1) is 10.2. The Morgan fingerprint density at radius 1 is 1.38 bits per heavy atom. The number of nitrogens with one attached hydrogen (secondary N) is 1. The van der Waals surface area contributed by atoms with Crippen molar-refractivity contribution < 1.29 is 9.53 Å². The predicted molar refractivity (Wildman–Crippen MR) is 79.8 cm³/mol. The number of nitrogens with zero attached hydrogens (tertiary/aromatic N) is 2. The minimum Gasteiger partial charge on any atom is -0.483 e. The van der Waals surface area contributed by atoms with Crippen LogP contribution in [0, 0.1) is 0 Å². The van der Waals surface area contributed by atoms with E-state index in [1.807, 2.05) is 43.6 Å². The molecule has 1 heterocycles. The van der Waals surface area contributed by atoms with Crippen molar-refractivity contribution in [1.29, 1.82) is 0 Å². The molecule has 0 saturated carbocycles. The van der Waals surface area contributed by atoms with E-state index in [0.717, 1.165) is 11.3 Å². The minimum absolute atomic E-state index is 0.0147. The maximum atomic E-state index is 11.7. The normalized spacial score (nSPS) is 10.4. The van der Waals surface area contributed by atoms with Gasteiger partial charge in [0, 0.05) is 38.3 Å². The van der Waals surface area contributed by atoms with Crippen LogP contribution in [0.3, 0.4) is 0 Å². The molecule has 0 aliphatic heterocycles. The summed E-state index contributed by atoms with van der Waals surface area (Å²) >= 11 is 0. The monoisotopic (exact) mass is 288 g/mol. The molecule has 6 heteroatoms. The van der Waals surface area contributed by atoms with Crippen LogP contribution in [0.15, 0.2) is 36.5 Å². The fourth-order valence-corrected chi connectivity index (χ4v) is 1.93. The number of amides is 1. The highest BCUT2D eigenvalue weighted by atomic mass is 16.5. The Morgan fingerprint density at radius 3 is 2.90 bits per heavy atom. The number of ether oxygens (including phenoxy) is 1. The van der Waals surface area contributed by atoms with Crippen molar-refractivity contribution in [2.45, 2.75) is 13.0 Å². The van der Waals surface area contributed by atoms with Gasteiger partial charge in [0.05, 0.1) is 5.69 Å². The van der Waals surface area contributed by atoms with Gasteiger partial charge in [-0.15, -0.1) is 0 Å². The molecule has 0 unspecified atom stereocenters. The lowest BCUT2D eigenvalue weighted by atomic mass is 10.2. The molecule has 6 nitrogen and oxygen atoms in total. The van der Waals surface area contributed by atoms with E-state index in [1.54, 1.807) is 4.68 Å². The third-order valence-corrected chi connectivity index (χ3v) is 3.02. The third-order valence-electron chi connectivity index (χ3n) is 3.02. The van der Waals surface area contributed by atoms with E-state index in [2.05, 4.69) is 10.4 Å². The Labute approximate surface area is 123 Å². The molecule has 0 aliphatic carbocycles. The number of hydrogen-bond donors (Lipinski definition) is 2. The Morgan fingerprint density at radius 2 is 2.19 bits per heavy atom. The summed E-state index contributed by atoms with van der Waals surface area (Å²) in [7, 11) is 1.87. The standard InChI is InChI=1S/C15H20N4O2/c1-19-9-7-13(18-19)6-8-17-15(20)11-21-14-5-3-2-4-12(14)10-16/h2-5,7,9H,6,8,10-11,16H2,1H3,(H,17,20). The average molecular weight is 288 g/mol. The van der Waals surface area contributed by atoms with Crippen LogP contribution in [0.5, 0.6) is 5.75 Å². The SMILES string of the molecule is Cn1ccc(CCNC(=O)COc2ccccc2CN)n1. The highest BCUT2D eigenvalue weighted by Gasteiger charge is 2.06. The zero-order chi connectivity index (χ0) is 15.1. The van der Waals surface area contributed by atoms with Crippen LogP contribution in [0.1, 0.15) is 11.3 Å². The lowest BCUT2D eigenvalue weighted by molar-refractivity contribution is -0.123. The quantitative estimate of drug-likeness (QED) is 0.782. The first-order valence-electron chi connectivity index (χ1n) is 6.85. The van der Waals surface area contributed by atoms with Crippen molar-refractivity contribution in [2.24, 2.45) is 12.8 Å². The number of nitrogens with two attached hydrogens (primary N) is 1. The molecular formula is C15H20N4O2. The van der Waals surface area contributed by atoms with Crippen molar-refractivity contribution in [2.75, 3.05) is 13.2 Å². The molecule has 112 valence electrons. The number of carbonyl (C=O) groups is 1. The number of aryl methyl sites for hydroxylation is 1. The van der Waals surface area contributed by atoms with Crippen LogP contribution in [0.2, 0.25) is 0 Å². The number of rotatable bonds is 7. The highest BCUT2D eigenvalue weighted by molar-refractivity contribution is 5.77. The molecule has 1 aromatic heterocycles. The Kier molecular flexibility index (Phi) is 5.34. The van der Waals surface area contributed by atoms with E-state index in [9.17, 15) is 4.79 Å². The van der Waals surface area contributed by atoms with Gasteiger partial charge in [-0.25, -0.2) is 0 Å². The highest BCUT2D eigenvalue weighted by Crippen LogP contribution is 2.16. The smallest absolute Gasteiger partial charge is 0.257 e. The maximum Gasteiger partial charge on any atom is 0.257 e. The molecule has 2 rings (SSSR count). The van der Waals surface area contributed by atoms with Gasteiger partial charge in [0.2, 0.25) is 0 Å². The van der Waals surface area contributed by atoms with Gasteiger partial charge in [0.1, 0.15) is 5.75 Å². The van der Waals surface area contributed by atoms with Crippen LogP contribution >= 0.6 is 0 Å². The number of carbonyl (C=O) groups excluding carboxylic acids is 1. The lowest BCUT2D eigenvalue weighted by Crippen LogP contribution is -2.30. The predicted octanol–water partition coefficient (Wildman–Crippen LogP) is 0.616. The molecule has 2 aromatic rings. The largest absolute Gasteiger partial charge is 0.483 e. The molecular weight excluding hydrogens is 268 g/mol. The molecule has 0 bridgehead atoms. The summed E-state index contributed by atoms with van der Waals surface area (Å²) in [5, 5.41) is 7.05.